The molecule has 2 aromatic heterocycles. The maximum atomic E-state index is 2.40. The summed E-state index contributed by atoms with van der Waals surface area (Å²) in [6.45, 7) is 4.43. The van der Waals surface area contributed by atoms with Crippen LogP contribution in [-0.2, 0) is 0 Å². The minimum absolute atomic E-state index is 1.13. The predicted octanol–water partition coefficient (Wildman–Crippen LogP) is 13.4. The van der Waals surface area contributed by atoms with Crippen molar-refractivity contribution in [2.45, 2.75) is 13.8 Å². The van der Waals surface area contributed by atoms with E-state index in [1.54, 1.807) is 0 Å². The number of anilines is 3. The summed E-state index contributed by atoms with van der Waals surface area (Å²) in [6, 6.07) is 61.6. The standard InChI is InChI=1S/C46H34N2S/c1-31-32(2)47(43-16-8-6-13-40(31)43)37-25-19-35(20-26-37)36-23-29-39(30-24-36)48(38-27-21-34(22-28-38)33-11-4-3-5-12-33)44-17-10-15-42-41-14-7-9-18-45(41)49-46(42)44/h3-30H,1-2H3. The summed E-state index contributed by atoms with van der Waals surface area (Å²) in [7, 11) is 0. The lowest BCUT2D eigenvalue weighted by Crippen LogP contribution is -2.10. The fourth-order valence-electron chi connectivity index (χ4n) is 7.24. The highest BCUT2D eigenvalue weighted by molar-refractivity contribution is 7.26. The van der Waals surface area contributed by atoms with E-state index in [0.717, 1.165) is 11.4 Å². The largest absolute Gasteiger partial charge is 0.314 e. The first-order valence-electron chi connectivity index (χ1n) is 16.8. The number of rotatable bonds is 6. The van der Waals surface area contributed by atoms with Crippen molar-refractivity contribution in [1.29, 1.82) is 0 Å². The summed E-state index contributed by atoms with van der Waals surface area (Å²) >= 11 is 1.86. The number of benzene rings is 7. The summed E-state index contributed by atoms with van der Waals surface area (Å²) in [5.41, 5.74) is 13.3. The van der Waals surface area contributed by atoms with Gasteiger partial charge in [0.05, 0.1) is 15.9 Å². The van der Waals surface area contributed by atoms with E-state index in [-0.39, 0.29) is 0 Å². The summed E-state index contributed by atoms with van der Waals surface area (Å²) in [4.78, 5) is 2.40. The molecule has 0 unspecified atom stereocenters. The maximum Gasteiger partial charge on any atom is 0.0640 e. The van der Waals surface area contributed by atoms with E-state index in [1.807, 2.05) is 11.3 Å². The highest BCUT2D eigenvalue weighted by atomic mass is 32.1. The van der Waals surface area contributed by atoms with Gasteiger partial charge in [-0.15, -0.1) is 11.3 Å². The first kappa shape index (κ1) is 29.3. The quantitative estimate of drug-likeness (QED) is 0.174. The normalized spacial score (nSPS) is 11.5. The number of hydrogen-bond acceptors (Lipinski definition) is 2. The molecule has 234 valence electrons. The van der Waals surface area contributed by atoms with Gasteiger partial charge in [0.1, 0.15) is 0 Å². The van der Waals surface area contributed by atoms with E-state index in [0.29, 0.717) is 0 Å². The van der Waals surface area contributed by atoms with Gasteiger partial charge in [0.2, 0.25) is 0 Å². The molecule has 49 heavy (non-hydrogen) atoms. The molecule has 0 fully saturated rings. The average Bonchev–Trinajstić information content (AvgIpc) is 3.67. The minimum Gasteiger partial charge on any atom is -0.314 e. The van der Waals surface area contributed by atoms with Crippen LogP contribution in [0.5, 0.6) is 0 Å². The Balaban J connectivity index is 1.11. The Labute approximate surface area is 290 Å². The van der Waals surface area contributed by atoms with Crippen molar-refractivity contribution in [2.75, 3.05) is 4.90 Å². The van der Waals surface area contributed by atoms with Crippen LogP contribution in [0.25, 0.3) is 59.0 Å². The van der Waals surface area contributed by atoms with Gasteiger partial charge in [-0.2, -0.15) is 0 Å². The predicted molar refractivity (Wildman–Crippen MR) is 211 cm³/mol. The Morgan fingerprint density at radius 2 is 0.980 bits per heavy atom. The molecule has 0 aliphatic heterocycles. The third-order valence-corrected chi connectivity index (χ3v) is 11.1. The summed E-state index contributed by atoms with van der Waals surface area (Å²) in [5.74, 6) is 0. The van der Waals surface area contributed by atoms with Crippen molar-refractivity contribution >= 4 is 59.5 Å². The monoisotopic (exact) mass is 646 g/mol. The Hall–Kier alpha value is -5.90. The Morgan fingerprint density at radius 1 is 0.449 bits per heavy atom. The zero-order valence-electron chi connectivity index (χ0n) is 27.5. The molecular weight excluding hydrogens is 613 g/mol. The first-order chi connectivity index (χ1) is 24.1. The number of fused-ring (bicyclic) bond motifs is 4. The van der Waals surface area contributed by atoms with Crippen molar-refractivity contribution in [3.8, 4) is 27.9 Å². The van der Waals surface area contributed by atoms with Crippen LogP contribution in [0.3, 0.4) is 0 Å². The smallest absolute Gasteiger partial charge is 0.0640 e. The zero-order valence-corrected chi connectivity index (χ0v) is 28.3. The topological polar surface area (TPSA) is 8.17 Å². The second-order valence-corrected chi connectivity index (χ2v) is 13.7. The maximum absolute atomic E-state index is 2.40. The Morgan fingerprint density at radius 3 is 1.65 bits per heavy atom. The molecule has 0 aliphatic carbocycles. The van der Waals surface area contributed by atoms with Crippen LogP contribution < -0.4 is 4.90 Å². The molecule has 0 atom stereocenters. The molecule has 0 bridgehead atoms. The second-order valence-electron chi connectivity index (χ2n) is 12.7. The van der Waals surface area contributed by atoms with Crippen molar-refractivity contribution in [1.82, 2.24) is 4.57 Å². The van der Waals surface area contributed by atoms with Crippen molar-refractivity contribution < 1.29 is 0 Å². The number of hydrogen-bond donors (Lipinski definition) is 0. The summed E-state index contributed by atoms with van der Waals surface area (Å²) in [5, 5.41) is 3.91. The molecule has 0 spiro atoms. The SMILES string of the molecule is Cc1c(C)n(-c2ccc(-c3ccc(N(c4ccc(-c5ccccc5)cc4)c4cccc5c4sc4ccccc45)cc3)cc2)c2ccccc12. The van der Waals surface area contributed by atoms with Gasteiger partial charge in [-0.1, -0.05) is 115 Å². The molecule has 2 heterocycles. The number of aryl methyl sites for hydroxylation is 1. The molecule has 3 heteroatoms. The zero-order chi connectivity index (χ0) is 32.9. The molecular formula is C46H34N2S. The van der Waals surface area contributed by atoms with E-state index in [9.17, 15) is 0 Å². The third-order valence-electron chi connectivity index (χ3n) is 9.87. The minimum atomic E-state index is 1.13. The molecule has 7 aromatic carbocycles. The number of thiophene rings is 1. The first-order valence-corrected chi connectivity index (χ1v) is 17.6. The lowest BCUT2D eigenvalue weighted by molar-refractivity contribution is 1.04. The van der Waals surface area contributed by atoms with E-state index >= 15 is 0 Å². The number of para-hydroxylation sites is 1. The summed E-state index contributed by atoms with van der Waals surface area (Å²) in [6.07, 6.45) is 0. The van der Waals surface area contributed by atoms with Crippen molar-refractivity contribution in [3.63, 3.8) is 0 Å². The van der Waals surface area contributed by atoms with E-state index < -0.39 is 0 Å². The molecule has 0 saturated heterocycles. The van der Waals surface area contributed by atoms with Crippen LogP contribution in [0, 0.1) is 13.8 Å². The van der Waals surface area contributed by atoms with Crippen LogP contribution in [0.1, 0.15) is 11.3 Å². The fraction of sp³-hybridized carbons (Fsp3) is 0.0435. The van der Waals surface area contributed by atoms with Gasteiger partial charge in [-0.25, -0.2) is 0 Å². The third kappa shape index (κ3) is 5.02. The lowest BCUT2D eigenvalue weighted by atomic mass is 10.0. The molecule has 9 aromatic rings. The van der Waals surface area contributed by atoms with Crippen LogP contribution in [0.4, 0.5) is 17.1 Å². The van der Waals surface area contributed by atoms with Crippen LogP contribution in [0.15, 0.2) is 170 Å². The van der Waals surface area contributed by atoms with E-state index in [1.165, 1.54) is 76.0 Å². The molecule has 0 radical (unpaired) electrons. The van der Waals surface area contributed by atoms with Gasteiger partial charge in [-0.05, 0) is 96.3 Å². The Kier molecular flexibility index (Phi) is 7.14. The van der Waals surface area contributed by atoms with Gasteiger partial charge < -0.3 is 9.47 Å². The van der Waals surface area contributed by atoms with Crippen molar-refractivity contribution in [3.05, 3.63) is 181 Å². The second kappa shape index (κ2) is 12.0. The average molecular weight is 647 g/mol. The molecule has 0 saturated carbocycles. The molecule has 9 rings (SSSR count). The lowest BCUT2D eigenvalue weighted by Gasteiger charge is -2.26. The number of aromatic nitrogens is 1. The number of nitrogens with zero attached hydrogens (tertiary/aromatic N) is 2. The van der Waals surface area contributed by atoms with Crippen LogP contribution in [0.2, 0.25) is 0 Å². The van der Waals surface area contributed by atoms with Gasteiger partial charge in [0.15, 0.2) is 0 Å². The van der Waals surface area contributed by atoms with Gasteiger partial charge >= 0.3 is 0 Å². The molecule has 2 nitrogen and oxygen atoms in total. The van der Waals surface area contributed by atoms with Gasteiger partial charge in [0, 0.05) is 43.6 Å². The highest BCUT2D eigenvalue weighted by Gasteiger charge is 2.18. The van der Waals surface area contributed by atoms with E-state index in [4.69, 9.17) is 0 Å². The van der Waals surface area contributed by atoms with Crippen LogP contribution >= 0.6 is 11.3 Å². The van der Waals surface area contributed by atoms with Crippen molar-refractivity contribution in [2.24, 2.45) is 0 Å². The van der Waals surface area contributed by atoms with E-state index in [2.05, 4.69) is 193 Å². The van der Waals surface area contributed by atoms with Gasteiger partial charge in [0.25, 0.3) is 0 Å². The Bertz CT molecular complexity index is 2590. The summed E-state index contributed by atoms with van der Waals surface area (Å²) < 4.78 is 4.97. The molecule has 0 N–H and O–H groups in total. The fourth-order valence-corrected chi connectivity index (χ4v) is 8.44. The highest BCUT2D eigenvalue weighted by Crippen LogP contribution is 2.45. The molecule has 0 amide bonds. The van der Waals surface area contributed by atoms with Gasteiger partial charge in [-0.3, -0.25) is 0 Å². The van der Waals surface area contributed by atoms with Crippen LogP contribution in [-0.4, -0.2) is 4.57 Å². The molecule has 0 aliphatic rings.